The zero-order valence-electron chi connectivity index (χ0n) is 6.82. The second-order valence-corrected chi connectivity index (χ2v) is 2.56. The second kappa shape index (κ2) is 3.22. The molecule has 0 aliphatic heterocycles. The maximum absolute atomic E-state index is 12.7. The van der Waals surface area contributed by atoms with Gasteiger partial charge in [-0.15, -0.1) is 6.42 Å². The van der Waals surface area contributed by atoms with Crippen LogP contribution in [-0.2, 0) is 6.18 Å². The molecule has 1 rings (SSSR count). The topological polar surface area (TPSA) is 26.0 Å². The molecule has 1 nitrogen and oxygen atoms in total. The highest BCUT2D eigenvalue weighted by atomic mass is 19.4. The van der Waals surface area contributed by atoms with Crippen molar-refractivity contribution in [1.29, 1.82) is 0 Å². The Morgan fingerprint density at radius 1 is 1.29 bits per heavy atom. The normalized spacial score (nSPS) is 11.1. The Labute approximate surface area is 77.5 Å². The summed E-state index contributed by atoms with van der Waals surface area (Å²) >= 11 is 0. The molecular weight excluding hydrogens is 198 g/mol. The van der Waals surface area contributed by atoms with Gasteiger partial charge in [-0.1, -0.05) is 5.92 Å². The minimum atomic E-state index is -4.70. The smallest absolute Gasteiger partial charge is 0.397 e. The molecule has 0 aromatic heterocycles. The Bertz CT molecular complexity index is 400. The Morgan fingerprint density at radius 3 is 2.29 bits per heavy atom. The van der Waals surface area contributed by atoms with Crippen molar-refractivity contribution in [2.24, 2.45) is 0 Å². The van der Waals surface area contributed by atoms with E-state index in [1.807, 2.05) is 5.92 Å². The number of terminal acetylenes is 1. The van der Waals surface area contributed by atoms with Crippen molar-refractivity contribution < 1.29 is 17.6 Å². The van der Waals surface area contributed by atoms with Gasteiger partial charge >= 0.3 is 6.18 Å². The third-order valence-electron chi connectivity index (χ3n) is 1.61. The first kappa shape index (κ1) is 10.4. The Hall–Kier alpha value is -1.70. The lowest BCUT2D eigenvalue weighted by molar-refractivity contribution is -0.137. The van der Waals surface area contributed by atoms with Crippen LogP contribution in [0.15, 0.2) is 12.1 Å². The van der Waals surface area contributed by atoms with Crippen LogP contribution < -0.4 is 5.73 Å². The van der Waals surface area contributed by atoms with Gasteiger partial charge in [-0.05, 0) is 12.1 Å². The Balaban J connectivity index is 3.47. The predicted molar refractivity (Wildman–Crippen MR) is 43.7 cm³/mol. The van der Waals surface area contributed by atoms with Crippen LogP contribution in [0.25, 0.3) is 0 Å². The average Bonchev–Trinajstić information content (AvgIpc) is 2.06. The summed E-state index contributed by atoms with van der Waals surface area (Å²) in [6.45, 7) is 0. The van der Waals surface area contributed by atoms with E-state index in [1.54, 1.807) is 0 Å². The van der Waals surface area contributed by atoms with E-state index in [2.05, 4.69) is 0 Å². The van der Waals surface area contributed by atoms with E-state index in [9.17, 15) is 17.6 Å². The van der Waals surface area contributed by atoms with E-state index in [1.165, 1.54) is 0 Å². The van der Waals surface area contributed by atoms with Gasteiger partial charge < -0.3 is 5.73 Å². The monoisotopic (exact) mass is 203 g/mol. The number of nitrogens with two attached hydrogens (primary N) is 1. The fourth-order valence-electron chi connectivity index (χ4n) is 0.972. The van der Waals surface area contributed by atoms with Crippen LogP contribution in [0.2, 0.25) is 0 Å². The van der Waals surface area contributed by atoms with Crippen LogP contribution in [0.1, 0.15) is 11.1 Å². The molecule has 0 bridgehead atoms. The maximum atomic E-state index is 12.7. The fraction of sp³-hybridized carbons (Fsp3) is 0.111. The number of halogens is 4. The first-order chi connectivity index (χ1) is 6.36. The standard InChI is InChI=1S/C9H5F4N/c1-2-5-3-6(10)4-7(8(5)14)9(11,12)13/h1,3-4H,14H2. The van der Waals surface area contributed by atoms with Crippen LogP contribution >= 0.6 is 0 Å². The molecule has 1 aromatic carbocycles. The summed E-state index contributed by atoms with van der Waals surface area (Å²) in [7, 11) is 0. The van der Waals surface area contributed by atoms with Crippen molar-refractivity contribution in [3.63, 3.8) is 0 Å². The van der Waals surface area contributed by atoms with Gasteiger partial charge in [0.1, 0.15) is 5.82 Å². The van der Waals surface area contributed by atoms with Gasteiger partial charge in [0.15, 0.2) is 0 Å². The summed E-state index contributed by atoms with van der Waals surface area (Å²) in [6.07, 6.45) is 0.171. The van der Waals surface area contributed by atoms with E-state index in [0.717, 1.165) is 6.07 Å². The van der Waals surface area contributed by atoms with Gasteiger partial charge in [0.05, 0.1) is 16.8 Å². The molecule has 0 fully saturated rings. The molecule has 5 heteroatoms. The SMILES string of the molecule is C#Cc1cc(F)cc(C(F)(F)F)c1N. The van der Waals surface area contributed by atoms with Crippen LogP contribution in [0.5, 0.6) is 0 Å². The molecule has 0 atom stereocenters. The van der Waals surface area contributed by atoms with Crippen LogP contribution in [0, 0.1) is 18.2 Å². The van der Waals surface area contributed by atoms with Crippen LogP contribution in [0.4, 0.5) is 23.2 Å². The van der Waals surface area contributed by atoms with Gasteiger partial charge in [0, 0.05) is 0 Å². The molecule has 0 radical (unpaired) electrons. The van der Waals surface area contributed by atoms with Gasteiger partial charge in [-0.25, -0.2) is 4.39 Å². The Morgan fingerprint density at radius 2 is 1.86 bits per heavy atom. The molecule has 0 spiro atoms. The number of alkyl halides is 3. The van der Waals surface area contributed by atoms with E-state index < -0.39 is 23.2 Å². The van der Waals surface area contributed by atoms with Crippen LogP contribution in [0.3, 0.4) is 0 Å². The zero-order chi connectivity index (χ0) is 10.9. The van der Waals surface area contributed by atoms with Crippen molar-refractivity contribution in [2.45, 2.75) is 6.18 Å². The van der Waals surface area contributed by atoms with E-state index in [-0.39, 0.29) is 5.56 Å². The number of rotatable bonds is 0. The summed E-state index contributed by atoms with van der Waals surface area (Å²) in [6, 6.07) is 1.10. The lowest BCUT2D eigenvalue weighted by Gasteiger charge is -2.11. The first-order valence-corrected chi connectivity index (χ1v) is 3.49. The molecule has 14 heavy (non-hydrogen) atoms. The van der Waals surface area contributed by atoms with E-state index in [0.29, 0.717) is 6.07 Å². The fourth-order valence-corrected chi connectivity index (χ4v) is 0.972. The average molecular weight is 203 g/mol. The van der Waals surface area contributed by atoms with Gasteiger partial charge in [-0.3, -0.25) is 0 Å². The number of benzene rings is 1. The number of hydrogen-bond donors (Lipinski definition) is 1. The minimum absolute atomic E-state index is 0.294. The van der Waals surface area contributed by atoms with Crippen molar-refractivity contribution in [2.75, 3.05) is 5.73 Å². The van der Waals surface area contributed by atoms with Gasteiger partial charge in [-0.2, -0.15) is 13.2 Å². The molecule has 0 aliphatic rings. The summed E-state index contributed by atoms with van der Waals surface area (Å²) in [5.74, 6) is 0.828. The summed E-state index contributed by atoms with van der Waals surface area (Å²) in [5.41, 5.74) is 2.96. The zero-order valence-corrected chi connectivity index (χ0v) is 6.82. The van der Waals surface area contributed by atoms with Crippen LogP contribution in [-0.4, -0.2) is 0 Å². The third kappa shape index (κ3) is 1.79. The van der Waals surface area contributed by atoms with E-state index in [4.69, 9.17) is 12.2 Å². The summed E-state index contributed by atoms with van der Waals surface area (Å²) in [5, 5.41) is 0. The van der Waals surface area contributed by atoms with Crippen molar-refractivity contribution in [1.82, 2.24) is 0 Å². The third-order valence-corrected chi connectivity index (χ3v) is 1.61. The summed E-state index contributed by atoms with van der Waals surface area (Å²) in [4.78, 5) is 0. The van der Waals surface area contributed by atoms with Crippen molar-refractivity contribution in [3.05, 3.63) is 29.1 Å². The molecule has 0 amide bonds. The first-order valence-electron chi connectivity index (χ1n) is 3.49. The predicted octanol–water partition coefficient (Wildman–Crippen LogP) is 2.41. The molecule has 0 heterocycles. The van der Waals surface area contributed by atoms with Crippen molar-refractivity contribution in [3.8, 4) is 12.3 Å². The van der Waals surface area contributed by atoms with Gasteiger partial charge in [0.2, 0.25) is 0 Å². The lowest BCUT2D eigenvalue weighted by Crippen LogP contribution is -2.10. The Kier molecular flexibility index (Phi) is 2.39. The lowest BCUT2D eigenvalue weighted by atomic mass is 10.1. The highest BCUT2D eigenvalue weighted by molar-refractivity contribution is 5.61. The van der Waals surface area contributed by atoms with E-state index >= 15 is 0 Å². The quantitative estimate of drug-likeness (QED) is 0.391. The second-order valence-electron chi connectivity index (χ2n) is 2.56. The molecule has 74 valence electrons. The summed E-state index contributed by atoms with van der Waals surface area (Å²) < 4.78 is 49.4. The maximum Gasteiger partial charge on any atom is 0.418 e. The molecular formula is C9H5F4N. The molecule has 0 saturated carbocycles. The molecule has 0 saturated heterocycles. The molecule has 0 unspecified atom stereocenters. The highest BCUT2D eigenvalue weighted by Gasteiger charge is 2.34. The number of anilines is 1. The minimum Gasteiger partial charge on any atom is -0.397 e. The van der Waals surface area contributed by atoms with Crippen molar-refractivity contribution >= 4 is 5.69 Å². The molecule has 2 N–H and O–H groups in total. The molecule has 1 aromatic rings. The largest absolute Gasteiger partial charge is 0.418 e. The van der Waals surface area contributed by atoms with Gasteiger partial charge in [0.25, 0.3) is 0 Å². The number of nitrogen functional groups attached to an aromatic ring is 1. The molecule has 0 aliphatic carbocycles. The number of hydrogen-bond acceptors (Lipinski definition) is 1. The highest BCUT2D eigenvalue weighted by Crippen LogP contribution is 2.35.